The zero-order valence-electron chi connectivity index (χ0n) is 30.6. The van der Waals surface area contributed by atoms with E-state index in [1.54, 1.807) is 22.5 Å². The van der Waals surface area contributed by atoms with Crippen molar-refractivity contribution in [1.82, 2.24) is 30.5 Å². The maximum Gasteiger partial charge on any atom is 0.315 e. The molecular formula is C37H58N6O6S. The summed E-state index contributed by atoms with van der Waals surface area (Å²) in [5.74, 6) is 0.0708. The lowest BCUT2D eigenvalue weighted by Gasteiger charge is -2.37. The molecule has 0 aromatic heterocycles. The van der Waals surface area contributed by atoms with E-state index in [2.05, 4.69) is 33.8 Å². The fourth-order valence-corrected chi connectivity index (χ4v) is 8.69. The summed E-state index contributed by atoms with van der Waals surface area (Å²) < 4.78 is 13.8. The number of carbonyl (C=O) groups excluding carboxylic acids is 5. The van der Waals surface area contributed by atoms with Crippen molar-refractivity contribution in [3.63, 3.8) is 0 Å². The van der Waals surface area contributed by atoms with Crippen LogP contribution in [-0.2, 0) is 30.5 Å². The summed E-state index contributed by atoms with van der Waals surface area (Å²) in [4.78, 5) is 70.3. The van der Waals surface area contributed by atoms with E-state index in [0.29, 0.717) is 13.1 Å². The molecule has 13 heteroatoms. The van der Waals surface area contributed by atoms with Crippen molar-refractivity contribution in [1.29, 1.82) is 0 Å². The highest BCUT2D eigenvalue weighted by atomic mass is 32.2. The van der Waals surface area contributed by atoms with Crippen molar-refractivity contribution in [3.8, 4) is 12.3 Å². The molecule has 50 heavy (non-hydrogen) atoms. The minimum absolute atomic E-state index is 0.0868. The number of hydrogen-bond acceptors (Lipinski definition) is 7. The summed E-state index contributed by atoms with van der Waals surface area (Å²) in [6.45, 7) is 10.4. The Hall–Kier alpha value is -3.08. The molecule has 278 valence electrons. The standard InChI is InChI=1S/C37H58N6O6S/c1-8-10-16-27(31(44)33(46)38-21-9-2)39-32(45)30-25-17-18-37(19-20-37)26(25)22-43(30)34(47)29(24-14-12-11-13-15-24)41-35(48)40-28(36(3,4)5)23-42(6)50(7)49/h1,9,24-30H,2,10-23H2,3-7H3,(H,38,46)(H,39,45)(H2,40,41,48)/t25-,26-,27?,28+,29-,30-,50?/m0/s1. The number of fused-ring (bicyclic) bond motifs is 2. The Labute approximate surface area is 301 Å². The molecule has 1 heterocycles. The number of amides is 5. The molecule has 4 aliphatic rings. The highest BCUT2D eigenvalue weighted by Crippen LogP contribution is 2.66. The lowest BCUT2D eigenvalue weighted by molar-refractivity contribution is -0.144. The van der Waals surface area contributed by atoms with Crippen LogP contribution >= 0.6 is 0 Å². The number of carbonyl (C=O) groups is 5. The van der Waals surface area contributed by atoms with Crippen LogP contribution in [0.3, 0.4) is 0 Å². The minimum Gasteiger partial charge on any atom is -0.598 e. The van der Waals surface area contributed by atoms with Crippen LogP contribution in [0.25, 0.3) is 0 Å². The van der Waals surface area contributed by atoms with Crippen LogP contribution < -0.4 is 21.3 Å². The quantitative estimate of drug-likeness (QED) is 0.0878. The number of hydrogen-bond donors (Lipinski definition) is 4. The fourth-order valence-electron chi connectivity index (χ4n) is 8.33. The smallest absolute Gasteiger partial charge is 0.315 e. The molecule has 5 amide bonds. The van der Waals surface area contributed by atoms with Crippen LogP contribution in [0.1, 0.15) is 91.4 Å². The lowest BCUT2D eigenvalue weighted by Crippen LogP contribution is -2.61. The molecular weight excluding hydrogens is 657 g/mol. The fraction of sp³-hybridized carbons (Fsp3) is 0.757. The third-order valence-corrected chi connectivity index (χ3v) is 12.6. The molecule has 0 aromatic carbocycles. The van der Waals surface area contributed by atoms with Gasteiger partial charge in [-0.05, 0) is 73.5 Å². The van der Waals surface area contributed by atoms with E-state index < -0.39 is 53.1 Å². The van der Waals surface area contributed by atoms with Gasteiger partial charge < -0.3 is 30.7 Å². The van der Waals surface area contributed by atoms with Crippen LogP contribution in [0.4, 0.5) is 4.79 Å². The third kappa shape index (κ3) is 9.42. The Morgan fingerprint density at radius 2 is 1.76 bits per heavy atom. The monoisotopic (exact) mass is 714 g/mol. The molecule has 3 aliphatic carbocycles. The molecule has 12 nitrogen and oxygen atoms in total. The number of nitrogens with one attached hydrogen (secondary N) is 4. The molecule has 4 rings (SSSR count). The molecule has 4 fully saturated rings. The highest BCUT2D eigenvalue weighted by molar-refractivity contribution is 7.88. The Morgan fingerprint density at radius 1 is 1.08 bits per heavy atom. The highest BCUT2D eigenvalue weighted by Gasteiger charge is 2.64. The van der Waals surface area contributed by atoms with Gasteiger partial charge in [0.15, 0.2) is 0 Å². The number of Topliss-reactive ketones (excluding diaryl/α,β-unsaturated/α-hetero) is 1. The van der Waals surface area contributed by atoms with Crippen LogP contribution in [-0.4, -0.2) is 100 Å². The second-order valence-corrected chi connectivity index (χ2v) is 17.4. The number of likely N-dealkylation sites (tertiary alicyclic amines) is 1. The SMILES string of the molecule is C#CCCC(NC(=O)[C@@H]1[C@H]2CCC3(CC3)[C@H]2CN1C(=O)[C@@H](NC(=O)N[C@H](CN(C)[S+](C)[O-])C(C)(C)C)C1CCCCC1)C(=O)C(=O)NCC=C. The van der Waals surface area contributed by atoms with E-state index in [-0.39, 0.29) is 59.9 Å². The van der Waals surface area contributed by atoms with Gasteiger partial charge >= 0.3 is 6.03 Å². The zero-order valence-corrected chi connectivity index (χ0v) is 31.4. The van der Waals surface area contributed by atoms with E-state index >= 15 is 0 Å². The zero-order chi connectivity index (χ0) is 36.8. The number of likely N-dealkylation sites (N-methyl/N-ethyl adjacent to an activating group) is 1. The minimum atomic E-state index is -1.22. The molecule has 0 radical (unpaired) electrons. The topological polar surface area (TPSA) is 163 Å². The average Bonchev–Trinajstić information content (AvgIpc) is 3.65. The van der Waals surface area contributed by atoms with Gasteiger partial charge in [-0.3, -0.25) is 19.2 Å². The summed E-state index contributed by atoms with van der Waals surface area (Å²) in [5.41, 5.74) is -0.239. The van der Waals surface area contributed by atoms with Gasteiger partial charge in [0.2, 0.25) is 17.6 Å². The molecule has 4 N–H and O–H groups in total. The van der Waals surface area contributed by atoms with Crippen molar-refractivity contribution in [2.45, 2.75) is 116 Å². The number of urea groups is 1. The Bertz CT molecular complexity index is 1320. The first-order chi connectivity index (χ1) is 23.6. The van der Waals surface area contributed by atoms with Gasteiger partial charge in [-0.25, -0.2) is 4.79 Å². The van der Waals surface area contributed by atoms with Gasteiger partial charge in [0.25, 0.3) is 5.91 Å². The van der Waals surface area contributed by atoms with E-state index in [1.165, 1.54) is 6.08 Å². The van der Waals surface area contributed by atoms with Gasteiger partial charge in [0, 0.05) is 37.9 Å². The van der Waals surface area contributed by atoms with Crippen LogP contribution in [0, 0.1) is 40.9 Å². The summed E-state index contributed by atoms with van der Waals surface area (Å²) in [6, 6.07) is -3.66. The maximum atomic E-state index is 14.8. The van der Waals surface area contributed by atoms with Crippen molar-refractivity contribution in [2.75, 3.05) is 32.9 Å². The molecule has 0 bridgehead atoms. The Morgan fingerprint density at radius 3 is 2.34 bits per heavy atom. The Kier molecular flexibility index (Phi) is 13.5. The molecule has 1 aliphatic heterocycles. The predicted octanol–water partition coefficient (Wildman–Crippen LogP) is 2.66. The Balaban J connectivity index is 1.60. The van der Waals surface area contributed by atoms with Gasteiger partial charge in [-0.1, -0.05) is 46.1 Å². The van der Waals surface area contributed by atoms with Crippen molar-refractivity contribution in [2.24, 2.45) is 28.6 Å². The lowest BCUT2D eigenvalue weighted by atomic mass is 9.83. The van der Waals surface area contributed by atoms with Crippen molar-refractivity contribution >= 4 is 40.9 Å². The van der Waals surface area contributed by atoms with Gasteiger partial charge in [-0.2, -0.15) is 0 Å². The van der Waals surface area contributed by atoms with E-state index in [0.717, 1.165) is 57.8 Å². The summed E-state index contributed by atoms with van der Waals surface area (Å²) in [7, 11) is 1.74. The van der Waals surface area contributed by atoms with Crippen molar-refractivity contribution in [3.05, 3.63) is 12.7 Å². The summed E-state index contributed by atoms with van der Waals surface area (Å²) in [6.07, 6.45) is 17.2. The predicted molar refractivity (Wildman–Crippen MR) is 194 cm³/mol. The first-order valence-electron chi connectivity index (χ1n) is 18.2. The van der Waals surface area contributed by atoms with Gasteiger partial charge in [0.05, 0.1) is 18.6 Å². The molecule has 1 saturated heterocycles. The first kappa shape index (κ1) is 39.7. The van der Waals surface area contributed by atoms with Crippen LogP contribution in [0.15, 0.2) is 12.7 Å². The molecule has 1 spiro atoms. The van der Waals surface area contributed by atoms with Crippen LogP contribution in [0.2, 0.25) is 0 Å². The number of nitrogens with zero attached hydrogens (tertiary/aromatic N) is 2. The molecule has 7 atom stereocenters. The van der Waals surface area contributed by atoms with Gasteiger partial charge in [0.1, 0.15) is 18.3 Å². The van der Waals surface area contributed by atoms with Gasteiger partial charge in [-0.15, -0.1) is 23.2 Å². The van der Waals surface area contributed by atoms with Crippen LogP contribution in [0.5, 0.6) is 0 Å². The maximum absolute atomic E-state index is 14.8. The van der Waals surface area contributed by atoms with E-state index in [1.807, 2.05) is 20.8 Å². The molecule has 0 aromatic rings. The van der Waals surface area contributed by atoms with Crippen molar-refractivity contribution < 1.29 is 28.5 Å². The number of rotatable bonds is 15. The van der Waals surface area contributed by atoms with E-state index in [9.17, 15) is 28.5 Å². The second-order valence-electron chi connectivity index (χ2n) is 15.9. The largest absolute Gasteiger partial charge is 0.598 e. The van der Waals surface area contributed by atoms with E-state index in [4.69, 9.17) is 6.42 Å². The summed E-state index contributed by atoms with van der Waals surface area (Å²) >= 11 is -1.22. The summed E-state index contributed by atoms with van der Waals surface area (Å²) in [5, 5.41) is 11.4. The number of terminal acetylenes is 1. The molecule has 2 unspecified atom stereocenters. The third-order valence-electron chi connectivity index (χ3n) is 11.6. The molecule has 3 saturated carbocycles. The normalized spacial score (nSPS) is 25.1. The first-order valence-corrected chi connectivity index (χ1v) is 19.7. The second kappa shape index (κ2) is 17.0. The number of ketones is 1. The average molecular weight is 715 g/mol.